The van der Waals surface area contributed by atoms with E-state index in [-0.39, 0.29) is 0 Å². The first-order valence-corrected chi connectivity index (χ1v) is 16.4. The first-order valence-electron chi connectivity index (χ1n) is 16.4. The zero-order chi connectivity index (χ0) is 33.1. The third-order valence-corrected chi connectivity index (χ3v) is 10.2. The van der Waals surface area contributed by atoms with E-state index in [1.165, 1.54) is 0 Å². The van der Waals surface area contributed by atoms with Crippen molar-refractivity contribution in [2.45, 2.75) is 0 Å². The largest absolute Gasteiger partial charge is 0.455 e. The van der Waals surface area contributed by atoms with Crippen LogP contribution < -0.4 is 0 Å². The fourth-order valence-corrected chi connectivity index (χ4v) is 8.10. The lowest BCUT2D eigenvalue weighted by atomic mass is 10.1. The second-order valence-corrected chi connectivity index (χ2v) is 12.7. The van der Waals surface area contributed by atoms with Crippen molar-refractivity contribution in [3.05, 3.63) is 150 Å². The quantitative estimate of drug-likeness (QED) is 0.177. The molecule has 230 valence electrons. The van der Waals surface area contributed by atoms with E-state index < -0.39 is 0 Å². The van der Waals surface area contributed by atoms with Gasteiger partial charge in [0.2, 0.25) is 5.69 Å². The van der Waals surface area contributed by atoms with Crippen LogP contribution in [0.25, 0.3) is 104 Å². The van der Waals surface area contributed by atoms with Crippen LogP contribution in [0.1, 0.15) is 5.56 Å². The fraction of sp³-hybridized carbons (Fsp3) is 0. The Kier molecular flexibility index (Phi) is 5.16. The SMILES string of the molecule is [C-]#[N+]c1cc(-n2c3ccccc3c3c4oc5ccccc5c4ccc32)c(C#N)cc1-n1c2ccccc2c2c3oc4ccccc4c3ccc21. The van der Waals surface area contributed by atoms with E-state index in [0.29, 0.717) is 22.6 Å². The Bertz CT molecular complexity index is 3130. The van der Waals surface area contributed by atoms with Crippen molar-refractivity contribution in [3.63, 3.8) is 0 Å². The zero-order valence-electron chi connectivity index (χ0n) is 26.3. The molecule has 0 fully saturated rings. The Labute approximate surface area is 283 Å². The minimum Gasteiger partial charge on any atom is -0.455 e. The van der Waals surface area contributed by atoms with Crippen LogP contribution in [-0.4, -0.2) is 9.13 Å². The molecule has 0 N–H and O–H groups in total. The molecule has 0 bridgehead atoms. The van der Waals surface area contributed by atoms with E-state index in [1.54, 1.807) is 0 Å². The summed E-state index contributed by atoms with van der Waals surface area (Å²) in [6.07, 6.45) is 0. The minimum atomic E-state index is 0.433. The van der Waals surface area contributed by atoms with Crippen molar-refractivity contribution in [1.29, 1.82) is 5.26 Å². The molecule has 50 heavy (non-hydrogen) atoms. The minimum absolute atomic E-state index is 0.433. The van der Waals surface area contributed by atoms with Gasteiger partial charge in [0.15, 0.2) is 0 Å². The van der Waals surface area contributed by atoms with Gasteiger partial charge in [0.1, 0.15) is 28.4 Å². The van der Waals surface area contributed by atoms with Gasteiger partial charge < -0.3 is 18.0 Å². The van der Waals surface area contributed by atoms with Crippen molar-refractivity contribution in [3.8, 4) is 17.4 Å². The Morgan fingerprint density at radius 1 is 0.500 bits per heavy atom. The predicted molar refractivity (Wildman–Crippen MR) is 201 cm³/mol. The van der Waals surface area contributed by atoms with Gasteiger partial charge in [-0.25, -0.2) is 4.85 Å². The molecule has 0 saturated carbocycles. The molecule has 7 aromatic carbocycles. The van der Waals surface area contributed by atoms with Gasteiger partial charge in [-0.2, -0.15) is 5.26 Å². The van der Waals surface area contributed by atoms with E-state index in [2.05, 4.69) is 80.7 Å². The maximum atomic E-state index is 10.8. The Hall–Kier alpha value is -7.28. The number of nitriles is 1. The summed E-state index contributed by atoms with van der Waals surface area (Å²) in [5.41, 5.74) is 9.12. The van der Waals surface area contributed by atoms with Gasteiger partial charge in [0.05, 0.1) is 56.3 Å². The maximum absolute atomic E-state index is 10.8. The number of para-hydroxylation sites is 4. The third kappa shape index (κ3) is 3.34. The summed E-state index contributed by atoms with van der Waals surface area (Å²) >= 11 is 0. The van der Waals surface area contributed by atoms with Gasteiger partial charge in [0.25, 0.3) is 0 Å². The van der Waals surface area contributed by atoms with Crippen LogP contribution in [0.4, 0.5) is 5.69 Å². The number of furan rings is 2. The molecule has 0 aliphatic heterocycles. The lowest BCUT2D eigenvalue weighted by molar-refractivity contribution is 0.672. The van der Waals surface area contributed by atoms with Gasteiger partial charge in [-0.15, -0.1) is 0 Å². The van der Waals surface area contributed by atoms with Crippen molar-refractivity contribution in [1.82, 2.24) is 9.13 Å². The molecule has 0 amide bonds. The molecular formula is C44H22N4O2. The van der Waals surface area contributed by atoms with Crippen LogP contribution in [0.15, 0.2) is 142 Å². The van der Waals surface area contributed by atoms with Gasteiger partial charge in [-0.1, -0.05) is 72.8 Å². The average molecular weight is 639 g/mol. The Balaban J connectivity index is 1.23. The molecule has 0 unspecified atom stereocenters. The van der Waals surface area contributed by atoms with Crippen LogP contribution >= 0.6 is 0 Å². The van der Waals surface area contributed by atoms with Crippen LogP contribution in [0, 0.1) is 17.9 Å². The summed E-state index contributed by atoms with van der Waals surface area (Å²) in [6.45, 7) is 8.44. The number of benzene rings is 7. The van der Waals surface area contributed by atoms with Gasteiger partial charge in [-0.05, 0) is 60.7 Å². The summed E-state index contributed by atoms with van der Waals surface area (Å²) in [6, 6.07) is 47.1. The van der Waals surface area contributed by atoms with E-state index in [4.69, 9.17) is 15.4 Å². The molecule has 6 nitrogen and oxygen atoms in total. The van der Waals surface area contributed by atoms with Crippen LogP contribution in [-0.2, 0) is 0 Å². The molecule has 6 heteroatoms. The number of fused-ring (bicyclic) bond motifs is 14. The van der Waals surface area contributed by atoms with E-state index >= 15 is 0 Å². The van der Waals surface area contributed by atoms with E-state index in [1.807, 2.05) is 72.8 Å². The van der Waals surface area contributed by atoms with Crippen LogP contribution in [0.5, 0.6) is 0 Å². The number of hydrogen-bond acceptors (Lipinski definition) is 3. The summed E-state index contributed by atoms with van der Waals surface area (Å²) in [5, 5.41) is 19.0. The summed E-state index contributed by atoms with van der Waals surface area (Å²) in [7, 11) is 0. The first kappa shape index (κ1) is 26.8. The standard InChI is InChI=1S/C44H22N4O2/c1-46-32-23-37(47-33-14-6-2-12-30(33)41-35(47)20-18-28-26-10-4-8-16-39(26)49-43(28)41)25(24-45)22-38(32)48-34-15-7-3-13-31(34)42-36(48)21-19-29-27-11-5-9-17-40(27)50-44(29)42/h2-23H. The topological polar surface area (TPSA) is 64.3 Å². The molecule has 0 atom stereocenters. The fourth-order valence-electron chi connectivity index (χ4n) is 8.10. The van der Waals surface area contributed by atoms with Gasteiger partial charge in [-0.3, -0.25) is 0 Å². The summed E-state index contributed by atoms with van der Waals surface area (Å²) < 4.78 is 17.2. The lowest BCUT2D eigenvalue weighted by Crippen LogP contribution is -2.01. The maximum Gasteiger partial charge on any atom is 0.212 e. The first-order chi connectivity index (χ1) is 24.7. The number of nitrogens with zero attached hydrogens (tertiary/aromatic N) is 4. The second kappa shape index (κ2) is 9.64. The van der Waals surface area contributed by atoms with Crippen molar-refractivity contribution in [2.24, 2.45) is 0 Å². The van der Waals surface area contributed by atoms with Gasteiger partial charge >= 0.3 is 0 Å². The second-order valence-electron chi connectivity index (χ2n) is 12.7. The molecule has 11 aromatic rings. The van der Waals surface area contributed by atoms with Crippen molar-refractivity contribution < 1.29 is 8.83 Å². The number of hydrogen-bond donors (Lipinski definition) is 0. The molecule has 0 aliphatic carbocycles. The zero-order valence-corrected chi connectivity index (χ0v) is 26.3. The molecule has 4 heterocycles. The molecule has 0 aliphatic rings. The normalized spacial score (nSPS) is 12.0. The lowest BCUT2D eigenvalue weighted by Gasteiger charge is -2.15. The average Bonchev–Trinajstić information content (AvgIpc) is 3.91. The number of rotatable bonds is 2. The van der Waals surface area contributed by atoms with E-state index in [0.717, 1.165) is 87.5 Å². The van der Waals surface area contributed by atoms with Crippen LogP contribution in [0.2, 0.25) is 0 Å². The Morgan fingerprint density at radius 2 is 0.980 bits per heavy atom. The molecule has 11 rings (SSSR count). The highest BCUT2D eigenvalue weighted by Crippen LogP contribution is 2.45. The van der Waals surface area contributed by atoms with E-state index in [9.17, 15) is 5.26 Å². The molecule has 0 radical (unpaired) electrons. The molecule has 4 aromatic heterocycles. The Morgan fingerprint density at radius 3 is 1.50 bits per heavy atom. The smallest absolute Gasteiger partial charge is 0.212 e. The third-order valence-electron chi connectivity index (χ3n) is 10.2. The highest BCUT2D eigenvalue weighted by atomic mass is 16.3. The van der Waals surface area contributed by atoms with Crippen molar-refractivity contribution >= 4 is 93.2 Å². The highest BCUT2D eigenvalue weighted by molar-refractivity contribution is 6.25. The predicted octanol–water partition coefficient (Wildman–Crippen LogP) is 12.1. The molecule has 0 saturated heterocycles. The van der Waals surface area contributed by atoms with Gasteiger partial charge in [0, 0.05) is 32.3 Å². The van der Waals surface area contributed by atoms with Crippen LogP contribution in [0.3, 0.4) is 0 Å². The summed E-state index contributed by atoms with van der Waals surface area (Å²) in [4.78, 5) is 4.09. The monoisotopic (exact) mass is 638 g/mol. The highest BCUT2D eigenvalue weighted by Gasteiger charge is 2.24. The molecule has 0 spiro atoms. The summed E-state index contributed by atoms with van der Waals surface area (Å²) in [5.74, 6) is 0. The number of aromatic nitrogens is 2. The van der Waals surface area contributed by atoms with Crippen molar-refractivity contribution in [2.75, 3.05) is 0 Å². The molecular weight excluding hydrogens is 617 g/mol.